The second kappa shape index (κ2) is 6.89. The molecule has 1 unspecified atom stereocenters. The highest BCUT2D eigenvalue weighted by atomic mass is 19.1. The topological polar surface area (TPSA) is 41.6 Å². The molecule has 1 heterocycles. The molecule has 5 heteroatoms. The Hall–Kier alpha value is -2.24. The average Bonchev–Trinajstić information content (AvgIpc) is 2.56. The molecule has 1 aliphatic rings. The van der Waals surface area contributed by atoms with Gasteiger partial charge in [0.15, 0.2) is 0 Å². The molecule has 4 nitrogen and oxygen atoms in total. The van der Waals surface area contributed by atoms with Crippen LogP contribution in [-0.2, 0) is 4.74 Å². The number of likely N-dealkylation sites (N-methyl/N-ethyl adjacent to an activating group) is 1. The van der Waals surface area contributed by atoms with Crippen LogP contribution in [0.3, 0.4) is 0 Å². The third kappa shape index (κ3) is 3.75. The Labute approximate surface area is 134 Å². The van der Waals surface area contributed by atoms with Gasteiger partial charge in [-0.1, -0.05) is 24.3 Å². The van der Waals surface area contributed by atoms with E-state index in [9.17, 15) is 9.18 Å². The third-order valence-electron chi connectivity index (χ3n) is 3.93. The molecule has 0 radical (unpaired) electrons. The van der Waals surface area contributed by atoms with Crippen molar-refractivity contribution in [3.8, 4) is 0 Å². The lowest BCUT2D eigenvalue weighted by Gasteiger charge is -2.30. The maximum atomic E-state index is 13.6. The van der Waals surface area contributed by atoms with Gasteiger partial charge in [-0.15, -0.1) is 0 Å². The minimum Gasteiger partial charge on any atom is -0.371 e. The highest BCUT2D eigenvalue weighted by Gasteiger charge is 2.19. The summed E-state index contributed by atoms with van der Waals surface area (Å²) in [5, 5.41) is 2.71. The van der Waals surface area contributed by atoms with Gasteiger partial charge in [0.05, 0.1) is 18.3 Å². The molecule has 0 aliphatic carbocycles. The molecular weight excluding hydrogens is 295 g/mol. The van der Waals surface area contributed by atoms with Crippen LogP contribution >= 0.6 is 0 Å². The van der Waals surface area contributed by atoms with Crippen molar-refractivity contribution < 1.29 is 13.9 Å². The number of nitrogens with one attached hydrogen (secondary N) is 1. The summed E-state index contributed by atoms with van der Waals surface area (Å²) in [5.41, 5.74) is 1.74. The van der Waals surface area contributed by atoms with E-state index in [1.165, 1.54) is 12.1 Å². The van der Waals surface area contributed by atoms with E-state index >= 15 is 0 Å². The van der Waals surface area contributed by atoms with Crippen molar-refractivity contribution in [2.75, 3.05) is 32.1 Å². The Morgan fingerprint density at radius 2 is 1.96 bits per heavy atom. The van der Waals surface area contributed by atoms with E-state index in [1.54, 1.807) is 12.1 Å². The molecule has 1 fully saturated rings. The predicted molar refractivity (Wildman–Crippen MR) is 87.0 cm³/mol. The van der Waals surface area contributed by atoms with Crippen LogP contribution in [0.5, 0.6) is 0 Å². The number of carbonyl (C=O) groups excluding carboxylic acids is 1. The summed E-state index contributed by atoms with van der Waals surface area (Å²) in [4.78, 5) is 14.3. The molecule has 3 rings (SSSR count). The molecule has 0 spiro atoms. The summed E-state index contributed by atoms with van der Waals surface area (Å²) < 4.78 is 19.4. The second-order valence-corrected chi connectivity index (χ2v) is 5.68. The van der Waals surface area contributed by atoms with Gasteiger partial charge in [-0.2, -0.15) is 0 Å². The summed E-state index contributed by atoms with van der Waals surface area (Å²) >= 11 is 0. The first-order valence-electron chi connectivity index (χ1n) is 7.59. The zero-order valence-corrected chi connectivity index (χ0v) is 13.0. The summed E-state index contributed by atoms with van der Waals surface area (Å²) in [5.74, 6) is -0.982. The number of ether oxygens (including phenoxy) is 1. The van der Waals surface area contributed by atoms with Gasteiger partial charge in [0.1, 0.15) is 5.82 Å². The Bertz CT molecular complexity index is 688. The number of hydrogen-bond acceptors (Lipinski definition) is 3. The highest BCUT2D eigenvalue weighted by molar-refractivity contribution is 6.04. The molecule has 0 saturated carbocycles. The second-order valence-electron chi connectivity index (χ2n) is 5.68. The molecule has 120 valence electrons. The molecule has 2 aromatic rings. The smallest absolute Gasteiger partial charge is 0.258 e. The van der Waals surface area contributed by atoms with Crippen LogP contribution in [0, 0.1) is 5.82 Å². The van der Waals surface area contributed by atoms with Crippen molar-refractivity contribution in [3.63, 3.8) is 0 Å². The Morgan fingerprint density at radius 3 is 2.65 bits per heavy atom. The van der Waals surface area contributed by atoms with E-state index in [-0.39, 0.29) is 11.7 Å². The quantitative estimate of drug-likeness (QED) is 0.946. The first kappa shape index (κ1) is 15.6. The molecular formula is C18H19FN2O2. The number of anilines is 1. The molecule has 1 amide bonds. The van der Waals surface area contributed by atoms with Crippen LogP contribution in [0.1, 0.15) is 22.0 Å². The zero-order valence-electron chi connectivity index (χ0n) is 13.0. The predicted octanol–water partition coefficient (Wildman–Crippen LogP) is 3.08. The van der Waals surface area contributed by atoms with E-state index in [2.05, 4.69) is 17.3 Å². The molecule has 1 saturated heterocycles. The van der Waals surface area contributed by atoms with E-state index in [1.807, 2.05) is 24.3 Å². The SMILES string of the molecule is CN1CCOC(c2ccc(NC(=O)c3ccccc3F)cc2)C1. The zero-order chi connectivity index (χ0) is 16.2. The summed E-state index contributed by atoms with van der Waals surface area (Å²) in [6, 6.07) is 13.4. The van der Waals surface area contributed by atoms with Crippen molar-refractivity contribution in [2.24, 2.45) is 0 Å². The Morgan fingerprint density at radius 1 is 1.22 bits per heavy atom. The fraction of sp³-hybridized carbons (Fsp3) is 0.278. The van der Waals surface area contributed by atoms with Crippen LogP contribution < -0.4 is 5.32 Å². The summed E-state index contributed by atoms with van der Waals surface area (Å²) in [7, 11) is 2.07. The Kier molecular flexibility index (Phi) is 4.69. The fourth-order valence-corrected chi connectivity index (χ4v) is 2.60. The monoisotopic (exact) mass is 314 g/mol. The van der Waals surface area contributed by atoms with Crippen molar-refractivity contribution in [1.29, 1.82) is 0 Å². The molecule has 23 heavy (non-hydrogen) atoms. The van der Waals surface area contributed by atoms with Crippen molar-refractivity contribution >= 4 is 11.6 Å². The number of benzene rings is 2. The number of morpholine rings is 1. The maximum absolute atomic E-state index is 13.6. The van der Waals surface area contributed by atoms with E-state index < -0.39 is 11.7 Å². The third-order valence-corrected chi connectivity index (χ3v) is 3.93. The van der Waals surface area contributed by atoms with Crippen LogP contribution in [-0.4, -0.2) is 37.6 Å². The van der Waals surface area contributed by atoms with Gasteiger partial charge < -0.3 is 15.0 Å². The highest BCUT2D eigenvalue weighted by Crippen LogP contribution is 2.23. The van der Waals surface area contributed by atoms with Crippen molar-refractivity contribution in [3.05, 3.63) is 65.5 Å². The van der Waals surface area contributed by atoms with E-state index in [0.717, 1.165) is 18.7 Å². The first-order valence-corrected chi connectivity index (χ1v) is 7.59. The standard InChI is InChI=1S/C18H19FN2O2/c1-21-10-11-23-17(12-21)13-6-8-14(9-7-13)20-18(22)15-4-2-3-5-16(15)19/h2-9,17H,10-12H2,1H3,(H,20,22). The number of carbonyl (C=O) groups is 1. The largest absolute Gasteiger partial charge is 0.371 e. The van der Waals surface area contributed by atoms with Crippen LogP contribution in [0.15, 0.2) is 48.5 Å². The summed E-state index contributed by atoms with van der Waals surface area (Å²) in [6.07, 6.45) is 0.0464. The lowest BCUT2D eigenvalue weighted by molar-refractivity contribution is -0.0208. The van der Waals surface area contributed by atoms with Gasteiger partial charge in [0.25, 0.3) is 5.91 Å². The number of amides is 1. The van der Waals surface area contributed by atoms with E-state index in [0.29, 0.717) is 12.3 Å². The van der Waals surface area contributed by atoms with Gasteiger partial charge >= 0.3 is 0 Å². The minimum atomic E-state index is -0.528. The normalized spacial score (nSPS) is 18.6. The fourth-order valence-electron chi connectivity index (χ4n) is 2.60. The average molecular weight is 314 g/mol. The van der Waals surface area contributed by atoms with Gasteiger partial charge in [0, 0.05) is 18.8 Å². The molecule has 1 N–H and O–H groups in total. The molecule has 0 aromatic heterocycles. The van der Waals surface area contributed by atoms with E-state index in [4.69, 9.17) is 4.74 Å². The van der Waals surface area contributed by atoms with Crippen molar-refractivity contribution in [2.45, 2.75) is 6.10 Å². The van der Waals surface area contributed by atoms with Crippen molar-refractivity contribution in [1.82, 2.24) is 4.90 Å². The molecule has 1 atom stereocenters. The first-order chi connectivity index (χ1) is 11.1. The minimum absolute atomic E-state index is 0.0359. The number of halogens is 1. The van der Waals surface area contributed by atoms with Gasteiger partial charge in [0.2, 0.25) is 0 Å². The van der Waals surface area contributed by atoms with Crippen LogP contribution in [0.2, 0.25) is 0 Å². The molecule has 2 aromatic carbocycles. The molecule has 0 bridgehead atoms. The maximum Gasteiger partial charge on any atom is 0.258 e. The van der Waals surface area contributed by atoms with Crippen LogP contribution in [0.4, 0.5) is 10.1 Å². The van der Waals surface area contributed by atoms with Gasteiger partial charge in [-0.25, -0.2) is 4.39 Å². The molecule has 1 aliphatic heterocycles. The number of hydrogen-bond donors (Lipinski definition) is 1. The van der Waals surface area contributed by atoms with Gasteiger partial charge in [-0.05, 0) is 36.9 Å². The summed E-state index contributed by atoms with van der Waals surface area (Å²) in [6.45, 7) is 2.50. The van der Waals surface area contributed by atoms with Gasteiger partial charge in [-0.3, -0.25) is 4.79 Å². The lowest BCUT2D eigenvalue weighted by atomic mass is 10.1. The Balaban J connectivity index is 1.68. The van der Waals surface area contributed by atoms with Crippen LogP contribution in [0.25, 0.3) is 0 Å². The lowest BCUT2D eigenvalue weighted by Crippen LogP contribution is -2.35. The number of nitrogens with zero attached hydrogens (tertiary/aromatic N) is 1. The number of rotatable bonds is 3.